The number of carbonyl (C=O) groups excluding carboxylic acids is 1. The van der Waals surface area contributed by atoms with Crippen molar-refractivity contribution in [2.24, 2.45) is 10.9 Å². The molecular weight excluding hydrogens is 284 g/mol. The van der Waals surface area contributed by atoms with Crippen molar-refractivity contribution in [1.29, 1.82) is 0 Å². The number of carbonyl (C=O) groups is 1. The number of nitrogens with zero attached hydrogens (tertiary/aromatic N) is 2. The molecule has 2 atom stereocenters. The van der Waals surface area contributed by atoms with Crippen LogP contribution in [0.1, 0.15) is 13.8 Å². The smallest absolute Gasteiger partial charge is 0.250 e. The lowest BCUT2D eigenvalue weighted by molar-refractivity contribution is -0.120. The van der Waals surface area contributed by atoms with E-state index in [1.807, 2.05) is 4.90 Å². The van der Waals surface area contributed by atoms with Crippen molar-refractivity contribution in [2.45, 2.75) is 25.1 Å². The summed E-state index contributed by atoms with van der Waals surface area (Å²) in [4.78, 5) is 17.7. The molecule has 2 rings (SSSR count). The minimum Gasteiger partial charge on any atom is -0.342 e. The molecule has 0 aliphatic carbocycles. The van der Waals surface area contributed by atoms with Crippen LogP contribution in [0.25, 0.3) is 0 Å². The number of sulfone groups is 1. The largest absolute Gasteiger partial charge is 0.342 e. The molecule has 1 amide bonds. The van der Waals surface area contributed by atoms with Crippen molar-refractivity contribution < 1.29 is 13.2 Å². The molecule has 2 heterocycles. The molecule has 106 valence electrons. The van der Waals surface area contributed by atoms with Gasteiger partial charge in [-0.3, -0.25) is 4.79 Å². The SMILES string of the molecule is C=CCN1C(=NC(=O)C(C)C)S[C@H]2CS(=O)(=O)C[C@@H]21. The highest BCUT2D eigenvalue weighted by atomic mass is 32.2. The van der Waals surface area contributed by atoms with E-state index in [4.69, 9.17) is 0 Å². The van der Waals surface area contributed by atoms with Gasteiger partial charge < -0.3 is 4.90 Å². The molecule has 0 aromatic rings. The van der Waals surface area contributed by atoms with E-state index in [0.717, 1.165) is 0 Å². The van der Waals surface area contributed by atoms with E-state index < -0.39 is 9.84 Å². The normalized spacial score (nSPS) is 30.9. The summed E-state index contributed by atoms with van der Waals surface area (Å²) in [6, 6.07) is -0.0771. The molecule has 0 N–H and O–H groups in total. The van der Waals surface area contributed by atoms with Crippen LogP contribution in [-0.4, -0.2) is 53.7 Å². The minimum atomic E-state index is -2.96. The van der Waals surface area contributed by atoms with Crippen LogP contribution in [0.5, 0.6) is 0 Å². The first-order valence-electron chi connectivity index (χ1n) is 6.21. The number of amidine groups is 1. The summed E-state index contributed by atoms with van der Waals surface area (Å²) in [5, 5.41) is 0.632. The van der Waals surface area contributed by atoms with Gasteiger partial charge in [0, 0.05) is 17.7 Å². The minimum absolute atomic E-state index is 0.0105. The molecular formula is C12H18N2O3S2. The van der Waals surface area contributed by atoms with Crippen LogP contribution in [0.15, 0.2) is 17.6 Å². The summed E-state index contributed by atoms with van der Waals surface area (Å²) in [5.74, 6) is 0.000355. The highest BCUT2D eigenvalue weighted by Crippen LogP contribution is 2.38. The van der Waals surface area contributed by atoms with Crippen molar-refractivity contribution >= 4 is 32.7 Å². The van der Waals surface area contributed by atoms with Gasteiger partial charge in [0.2, 0.25) is 0 Å². The van der Waals surface area contributed by atoms with Crippen LogP contribution in [0.2, 0.25) is 0 Å². The molecule has 0 bridgehead atoms. The number of aliphatic imine (C=N–C) groups is 1. The van der Waals surface area contributed by atoms with Gasteiger partial charge in [0.15, 0.2) is 15.0 Å². The van der Waals surface area contributed by atoms with E-state index in [-0.39, 0.29) is 34.6 Å². The third kappa shape index (κ3) is 3.02. The van der Waals surface area contributed by atoms with Crippen LogP contribution in [0, 0.1) is 5.92 Å². The zero-order valence-corrected chi connectivity index (χ0v) is 12.7. The Labute approximate surface area is 118 Å². The first kappa shape index (κ1) is 14.6. The molecule has 2 aliphatic rings. The van der Waals surface area contributed by atoms with Gasteiger partial charge in [-0.25, -0.2) is 8.42 Å². The third-order valence-corrected chi connectivity index (χ3v) is 6.45. The van der Waals surface area contributed by atoms with Crippen molar-refractivity contribution in [2.75, 3.05) is 18.1 Å². The number of hydrogen-bond donors (Lipinski definition) is 0. The van der Waals surface area contributed by atoms with E-state index in [1.165, 1.54) is 11.8 Å². The summed E-state index contributed by atoms with van der Waals surface area (Å²) in [7, 11) is -2.96. The Morgan fingerprint density at radius 2 is 2.26 bits per heavy atom. The fourth-order valence-corrected chi connectivity index (χ4v) is 6.18. The Morgan fingerprint density at radius 3 is 2.84 bits per heavy atom. The number of fused-ring (bicyclic) bond motifs is 1. The van der Waals surface area contributed by atoms with Crippen LogP contribution in [0.4, 0.5) is 0 Å². The monoisotopic (exact) mass is 302 g/mol. The molecule has 5 nitrogen and oxygen atoms in total. The third-order valence-electron chi connectivity index (χ3n) is 3.20. The molecule has 0 radical (unpaired) electrons. The van der Waals surface area contributed by atoms with Gasteiger partial charge in [-0.15, -0.1) is 6.58 Å². The maximum atomic E-state index is 11.7. The van der Waals surface area contributed by atoms with Crippen LogP contribution in [-0.2, 0) is 14.6 Å². The second-order valence-corrected chi connectivity index (χ2v) is 8.49. The fraction of sp³-hybridized carbons (Fsp3) is 0.667. The number of amides is 1. The van der Waals surface area contributed by atoms with E-state index in [0.29, 0.717) is 11.7 Å². The van der Waals surface area contributed by atoms with Gasteiger partial charge in [0.1, 0.15) is 0 Å². The predicted octanol–water partition coefficient (Wildman–Crippen LogP) is 0.925. The summed E-state index contributed by atoms with van der Waals surface area (Å²) in [6.07, 6.45) is 1.71. The zero-order valence-electron chi connectivity index (χ0n) is 11.1. The highest BCUT2D eigenvalue weighted by Gasteiger charge is 2.48. The summed E-state index contributed by atoms with van der Waals surface area (Å²) < 4.78 is 23.3. The second kappa shape index (κ2) is 5.28. The molecule has 2 aliphatic heterocycles. The van der Waals surface area contributed by atoms with Gasteiger partial charge in [-0.2, -0.15) is 4.99 Å². The molecule has 0 aromatic heterocycles. The van der Waals surface area contributed by atoms with Crippen molar-refractivity contribution in [3.8, 4) is 0 Å². The lowest BCUT2D eigenvalue weighted by atomic mass is 10.2. The lowest BCUT2D eigenvalue weighted by Crippen LogP contribution is -2.37. The molecule has 0 saturated carbocycles. The van der Waals surface area contributed by atoms with Gasteiger partial charge in [-0.1, -0.05) is 31.7 Å². The highest BCUT2D eigenvalue weighted by molar-refractivity contribution is 8.15. The first-order chi connectivity index (χ1) is 8.84. The van der Waals surface area contributed by atoms with Crippen molar-refractivity contribution in [3.05, 3.63) is 12.7 Å². The second-order valence-electron chi connectivity index (χ2n) is 5.13. The molecule has 0 aromatic carbocycles. The van der Waals surface area contributed by atoms with Crippen LogP contribution < -0.4 is 0 Å². The van der Waals surface area contributed by atoms with E-state index >= 15 is 0 Å². The Bertz CT molecular complexity index is 525. The van der Waals surface area contributed by atoms with Gasteiger partial charge in [-0.05, 0) is 0 Å². The first-order valence-corrected chi connectivity index (χ1v) is 8.91. The number of hydrogen-bond acceptors (Lipinski definition) is 4. The lowest BCUT2D eigenvalue weighted by Gasteiger charge is -2.22. The van der Waals surface area contributed by atoms with E-state index in [2.05, 4.69) is 11.6 Å². The molecule has 0 unspecified atom stereocenters. The molecule has 7 heteroatoms. The van der Waals surface area contributed by atoms with Crippen molar-refractivity contribution in [1.82, 2.24) is 4.90 Å². The zero-order chi connectivity index (χ0) is 14.2. The Balaban J connectivity index is 2.24. The summed E-state index contributed by atoms with van der Waals surface area (Å²) >= 11 is 1.41. The molecule has 19 heavy (non-hydrogen) atoms. The van der Waals surface area contributed by atoms with E-state index in [9.17, 15) is 13.2 Å². The average molecular weight is 302 g/mol. The van der Waals surface area contributed by atoms with Crippen LogP contribution in [0.3, 0.4) is 0 Å². The Hall–Kier alpha value is -0.820. The van der Waals surface area contributed by atoms with Gasteiger partial charge >= 0.3 is 0 Å². The van der Waals surface area contributed by atoms with E-state index in [1.54, 1.807) is 19.9 Å². The fourth-order valence-electron chi connectivity index (χ4n) is 2.21. The Kier molecular flexibility index (Phi) is 4.06. The number of rotatable bonds is 3. The maximum absolute atomic E-state index is 11.7. The summed E-state index contributed by atoms with van der Waals surface area (Å²) in [6.45, 7) is 7.81. The summed E-state index contributed by atoms with van der Waals surface area (Å²) in [5.41, 5.74) is 0. The number of thioether (sulfide) groups is 1. The molecule has 2 fully saturated rings. The molecule has 0 spiro atoms. The predicted molar refractivity (Wildman–Crippen MR) is 78.0 cm³/mol. The topological polar surface area (TPSA) is 66.8 Å². The van der Waals surface area contributed by atoms with Gasteiger partial charge in [0.05, 0.1) is 17.5 Å². The maximum Gasteiger partial charge on any atom is 0.250 e. The Morgan fingerprint density at radius 1 is 1.58 bits per heavy atom. The average Bonchev–Trinajstić information content (AvgIpc) is 2.73. The van der Waals surface area contributed by atoms with Crippen LogP contribution >= 0.6 is 11.8 Å². The van der Waals surface area contributed by atoms with Gasteiger partial charge in [0.25, 0.3) is 5.91 Å². The molecule has 2 saturated heterocycles. The quantitative estimate of drug-likeness (QED) is 0.725. The van der Waals surface area contributed by atoms with Crippen molar-refractivity contribution in [3.63, 3.8) is 0 Å². The standard InChI is InChI=1S/C12H18N2O3S2/c1-4-5-14-9-6-19(16,17)7-10(9)18-12(14)13-11(15)8(2)3/h4,8-10H,1,5-7H2,2-3H3/t9-,10-/m0/s1.